The second-order valence-corrected chi connectivity index (χ2v) is 7.00. The van der Waals surface area contributed by atoms with E-state index in [-0.39, 0.29) is 0 Å². The van der Waals surface area contributed by atoms with Gasteiger partial charge in [0, 0.05) is 11.6 Å². The SMILES string of the molecule is CCCCCCCCCN1c2nccc[n+]2C[C@@]1(O)c1ccccc1. The standard InChI is InChI=1S/C21H30N3O/c1-2-3-4-5-6-7-11-17-24-20-22-15-12-16-23(20)18-21(24,25)19-13-9-8-10-14-19/h8-10,12-16,25H,2-7,11,17-18H2,1H3/q+1/t21-/m1/s1. The van der Waals surface area contributed by atoms with E-state index in [0.29, 0.717) is 6.54 Å². The summed E-state index contributed by atoms with van der Waals surface area (Å²) in [5, 5.41) is 11.5. The van der Waals surface area contributed by atoms with Crippen LogP contribution in [0, 0.1) is 0 Å². The highest BCUT2D eigenvalue weighted by molar-refractivity contribution is 5.37. The van der Waals surface area contributed by atoms with E-state index >= 15 is 0 Å². The lowest BCUT2D eigenvalue weighted by molar-refractivity contribution is -0.685. The van der Waals surface area contributed by atoms with Gasteiger partial charge in [0.05, 0.1) is 12.7 Å². The van der Waals surface area contributed by atoms with Gasteiger partial charge < -0.3 is 5.11 Å². The van der Waals surface area contributed by atoms with Crippen molar-refractivity contribution >= 4 is 5.95 Å². The molecule has 134 valence electrons. The summed E-state index contributed by atoms with van der Waals surface area (Å²) in [4.78, 5) is 6.61. The second-order valence-electron chi connectivity index (χ2n) is 7.00. The van der Waals surface area contributed by atoms with Crippen molar-refractivity contribution in [2.24, 2.45) is 0 Å². The molecule has 2 heterocycles. The molecule has 1 aliphatic rings. The van der Waals surface area contributed by atoms with Gasteiger partial charge in [0.1, 0.15) is 12.7 Å². The third-order valence-electron chi connectivity index (χ3n) is 5.10. The highest BCUT2D eigenvalue weighted by Gasteiger charge is 2.50. The van der Waals surface area contributed by atoms with Crippen molar-refractivity contribution in [1.82, 2.24) is 4.98 Å². The molecule has 0 saturated heterocycles. The van der Waals surface area contributed by atoms with Crippen LogP contribution in [0.15, 0.2) is 48.8 Å². The molecule has 0 bridgehead atoms. The molecule has 0 unspecified atom stereocenters. The molecule has 1 atom stereocenters. The van der Waals surface area contributed by atoms with Gasteiger partial charge in [-0.2, -0.15) is 0 Å². The van der Waals surface area contributed by atoms with E-state index in [1.807, 2.05) is 47.2 Å². The van der Waals surface area contributed by atoms with Crippen molar-refractivity contribution in [2.45, 2.75) is 64.1 Å². The van der Waals surface area contributed by atoms with E-state index in [2.05, 4.69) is 16.8 Å². The number of rotatable bonds is 9. The number of hydrogen-bond acceptors (Lipinski definition) is 3. The number of aromatic nitrogens is 2. The first-order chi connectivity index (χ1) is 12.3. The van der Waals surface area contributed by atoms with E-state index in [0.717, 1.165) is 24.5 Å². The van der Waals surface area contributed by atoms with Gasteiger partial charge >= 0.3 is 5.95 Å². The van der Waals surface area contributed by atoms with Gasteiger partial charge in [-0.05, 0) is 6.42 Å². The van der Waals surface area contributed by atoms with Crippen LogP contribution in [0.25, 0.3) is 0 Å². The van der Waals surface area contributed by atoms with Crippen molar-refractivity contribution in [3.8, 4) is 0 Å². The molecule has 3 rings (SSSR count). The number of anilines is 1. The fraction of sp³-hybridized carbons (Fsp3) is 0.524. The molecule has 1 N–H and O–H groups in total. The van der Waals surface area contributed by atoms with E-state index in [1.54, 1.807) is 6.20 Å². The Balaban J connectivity index is 1.67. The molecule has 1 aliphatic heterocycles. The van der Waals surface area contributed by atoms with Crippen molar-refractivity contribution in [3.05, 3.63) is 54.4 Å². The molecule has 25 heavy (non-hydrogen) atoms. The van der Waals surface area contributed by atoms with Crippen LogP contribution in [0.5, 0.6) is 0 Å². The number of unbranched alkanes of at least 4 members (excludes halogenated alkanes) is 6. The summed E-state index contributed by atoms with van der Waals surface area (Å²) in [5.74, 6) is 0.861. The van der Waals surface area contributed by atoms with Crippen LogP contribution in [0.1, 0.15) is 57.4 Å². The minimum absolute atomic E-state index is 0.524. The number of hydrogen-bond donors (Lipinski definition) is 1. The summed E-state index contributed by atoms with van der Waals surface area (Å²) >= 11 is 0. The molecule has 4 heteroatoms. The van der Waals surface area contributed by atoms with Crippen LogP contribution in [-0.2, 0) is 12.3 Å². The molecule has 2 aromatic rings. The first-order valence-corrected chi connectivity index (χ1v) is 9.65. The Bertz CT molecular complexity index is 661. The van der Waals surface area contributed by atoms with E-state index in [1.165, 1.54) is 38.5 Å². The fourth-order valence-electron chi connectivity index (χ4n) is 3.69. The molecular weight excluding hydrogens is 310 g/mol. The lowest BCUT2D eigenvalue weighted by Gasteiger charge is -2.28. The van der Waals surface area contributed by atoms with Gasteiger partial charge in [-0.3, -0.25) is 0 Å². The Kier molecular flexibility index (Phi) is 6.03. The molecule has 0 saturated carbocycles. The van der Waals surface area contributed by atoms with Gasteiger partial charge in [-0.25, -0.2) is 9.47 Å². The second kappa shape index (κ2) is 8.43. The number of nitrogens with zero attached hydrogens (tertiary/aromatic N) is 3. The van der Waals surface area contributed by atoms with Gasteiger partial charge in [0.25, 0.3) is 0 Å². The lowest BCUT2D eigenvalue weighted by atomic mass is 10.0. The van der Waals surface area contributed by atoms with Gasteiger partial charge in [0.15, 0.2) is 0 Å². The molecule has 0 spiro atoms. The molecule has 0 aliphatic carbocycles. The average Bonchev–Trinajstić information content (AvgIpc) is 2.94. The Morgan fingerprint density at radius 2 is 1.76 bits per heavy atom. The molecule has 0 amide bonds. The maximum Gasteiger partial charge on any atom is 0.396 e. The van der Waals surface area contributed by atoms with Crippen LogP contribution in [-0.4, -0.2) is 16.6 Å². The van der Waals surface area contributed by atoms with Gasteiger partial charge in [-0.15, -0.1) is 0 Å². The quantitative estimate of drug-likeness (QED) is 0.558. The van der Waals surface area contributed by atoms with Crippen molar-refractivity contribution < 1.29 is 9.67 Å². The van der Waals surface area contributed by atoms with E-state index in [9.17, 15) is 5.11 Å². The minimum Gasteiger partial charge on any atom is -0.353 e. The zero-order valence-electron chi connectivity index (χ0n) is 15.3. The van der Waals surface area contributed by atoms with Crippen LogP contribution < -0.4 is 9.47 Å². The molecule has 0 fully saturated rings. The number of aliphatic hydroxyl groups is 1. The van der Waals surface area contributed by atoms with Crippen molar-refractivity contribution in [2.75, 3.05) is 11.4 Å². The van der Waals surface area contributed by atoms with Crippen LogP contribution in [0.2, 0.25) is 0 Å². The van der Waals surface area contributed by atoms with Crippen molar-refractivity contribution in [3.63, 3.8) is 0 Å². The zero-order chi connectivity index (χ0) is 17.5. The number of fused-ring (bicyclic) bond motifs is 1. The third-order valence-corrected chi connectivity index (χ3v) is 5.10. The van der Waals surface area contributed by atoms with Crippen LogP contribution in [0.3, 0.4) is 0 Å². The molecule has 4 nitrogen and oxygen atoms in total. The predicted molar refractivity (Wildman–Crippen MR) is 100 cm³/mol. The summed E-state index contributed by atoms with van der Waals surface area (Å²) in [7, 11) is 0. The minimum atomic E-state index is -1.01. The Morgan fingerprint density at radius 3 is 2.52 bits per heavy atom. The molecule has 0 radical (unpaired) electrons. The largest absolute Gasteiger partial charge is 0.396 e. The first-order valence-electron chi connectivity index (χ1n) is 9.65. The average molecular weight is 340 g/mol. The Morgan fingerprint density at radius 1 is 1.04 bits per heavy atom. The van der Waals surface area contributed by atoms with E-state index < -0.39 is 5.72 Å². The third kappa shape index (κ3) is 4.01. The maximum absolute atomic E-state index is 11.5. The summed E-state index contributed by atoms with van der Waals surface area (Å²) < 4.78 is 2.05. The van der Waals surface area contributed by atoms with E-state index in [4.69, 9.17) is 0 Å². The number of benzene rings is 1. The fourth-order valence-corrected chi connectivity index (χ4v) is 3.69. The maximum atomic E-state index is 11.5. The van der Waals surface area contributed by atoms with Crippen molar-refractivity contribution in [1.29, 1.82) is 0 Å². The lowest BCUT2D eigenvalue weighted by Crippen LogP contribution is -2.46. The highest BCUT2D eigenvalue weighted by Crippen LogP contribution is 2.33. The highest BCUT2D eigenvalue weighted by atomic mass is 16.3. The molecular formula is C21H30N3O+. The Hall–Kier alpha value is -1.94. The topological polar surface area (TPSA) is 40.2 Å². The molecule has 1 aromatic heterocycles. The summed E-state index contributed by atoms with van der Waals surface area (Å²) in [6, 6.07) is 11.9. The van der Waals surface area contributed by atoms with Gasteiger partial charge in [0.2, 0.25) is 5.72 Å². The first kappa shape index (κ1) is 17.9. The Labute approximate surface area is 151 Å². The molecule has 1 aromatic carbocycles. The normalized spacial score (nSPS) is 19.2. The van der Waals surface area contributed by atoms with Crippen LogP contribution >= 0.6 is 0 Å². The summed E-state index contributed by atoms with van der Waals surface area (Å²) in [5.41, 5.74) is -0.0754. The van der Waals surface area contributed by atoms with Crippen LogP contribution in [0.4, 0.5) is 5.95 Å². The monoisotopic (exact) mass is 340 g/mol. The smallest absolute Gasteiger partial charge is 0.353 e. The zero-order valence-corrected chi connectivity index (χ0v) is 15.3. The summed E-state index contributed by atoms with van der Waals surface area (Å²) in [6.45, 7) is 3.60. The van der Waals surface area contributed by atoms with Gasteiger partial charge in [-0.1, -0.05) is 80.8 Å². The summed E-state index contributed by atoms with van der Waals surface area (Å²) in [6.07, 6.45) is 12.7. The predicted octanol–water partition coefficient (Wildman–Crippen LogP) is 3.79.